The molecule has 7 heteroatoms. The van der Waals surface area contributed by atoms with E-state index in [4.69, 9.17) is 19.0 Å². The van der Waals surface area contributed by atoms with Gasteiger partial charge in [0, 0.05) is 5.56 Å². The number of rotatable bonds is 8. The summed E-state index contributed by atoms with van der Waals surface area (Å²) in [5.41, 5.74) is 2.26. The first-order valence-electron chi connectivity index (χ1n) is 7.89. The van der Waals surface area contributed by atoms with Crippen LogP contribution >= 0.6 is 0 Å². The number of aryl methyl sites for hydroxylation is 1. The zero-order valence-corrected chi connectivity index (χ0v) is 15.2. The summed E-state index contributed by atoms with van der Waals surface area (Å²) >= 11 is 0. The van der Waals surface area contributed by atoms with Crippen molar-refractivity contribution in [3.05, 3.63) is 47.5 Å². The number of nitrogens with zero attached hydrogens (tertiary/aromatic N) is 1. The Bertz CT molecular complexity index is 789. The number of nitrogens with one attached hydrogen (secondary N) is 1. The van der Waals surface area contributed by atoms with Crippen LogP contribution in [0.1, 0.15) is 11.1 Å². The summed E-state index contributed by atoms with van der Waals surface area (Å²) in [6.45, 7) is 1.69. The number of amides is 1. The molecule has 1 N–H and O–H groups in total. The molecule has 0 radical (unpaired) electrons. The van der Waals surface area contributed by atoms with Crippen LogP contribution in [0.2, 0.25) is 0 Å². The number of methoxy groups -OCH3 is 3. The van der Waals surface area contributed by atoms with Crippen LogP contribution in [-0.2, 0) is 9.63 Å². The van der Waals surface area contributed by atoms with Gasteiger partial charge in [0.05, 0.1) is 33.2 Å². The summed E-state index contributed by atoms with van der Waals surface area (Å²) in [4.78, 5) is 17.1. The van der Waals surface area contributed by atoms with Crippen molar-refractivity contribution in [2.75, 3.05) is 33.3 Å². The van der Waals surface area contributed by atoms with Gasteiger partial charge >= 0.3 is 0 Å². The Hall–Kier alpha value is -3.22. The van der Waals surface area contributed by atoms with Gasteiger partial charge in [-0.2, -0.15) is 0 Å². The molecule has 0 aromatic heterocycles. The normalized spacial score (nSPS) is 10.5. The minimum absolute atomic E-state index is 0.236. The molecule has 0 aliphatic rings. The van der Waals surface area contributed by atoms with Gasteiger partial charge in [0.15, 0.2) is 6.61 Å². The van der Waals surface area contributed by atoms with Gasteiger partial charge in [0.1, 0.15) is 17.2 Å². The summed E-state index contributed by atoms with van der Waals surface area (Å²) < 4.78 is 15.6. The monoisotopic (exact) mass is 358 g/mol. The minimum Gasteiger partial charge on any atom is -0.497 e. The van der Waals surface area contributed by atoms with Crippen LogP contribution in [0.25, 0.3) is 0 Å². The second kappa shape index (κ2) is 9.31. The molecule has 0 unspecified atom stereocenters. The molecule has 2 aromatic rings. The largest absolute Gasteiger partial charge is 0.497 e. The molecule has 2 aromatic carbocycles. The first-order valence-corrected chi connectivity index (χ1v) is 7.89. The van der Waals surface area contributed by atoms with E-state index in [1.165, 1.54) is 6.21 Å². The van der Waals surface area contributed by atoms with E-state index in [0.717, 1.165) is 5.56 Å². The number of hydrogen-bond acceptors (Lipinski definition) is 6. The molecular weight excluding hydrogens is 336 g/mol. The molecule has 0 saturated carbocycles. The third kappa shape index (κ3) is 5.14. The fraction of sp³-hybridized carbons (Fsp3) is 0.263. The van der Waals surface area contributed by atoms with Crippen molar-refractivity contribution in [1.29, 1.82) is 0 Å². The Morgan fingerprint density at radius 1 is 1.04 bits per heavy atom. The number of carbonyl (C=O) groups excluding carboxylic acids is 1. The SMILES string of the molecule is COc1ccc(OC)c(/C=N\OCC(=O)Nc2cc(C)ccc2OC)c1. The Balaban J connectivity index is 1.94. The van der Waals surface area contributed by atoms with E-state index in [1.807, 2.05) is 19.1 Å². The summed E-state index contributed by atoms with van der Waals surface area (Å²) in [6, 6.07) is 10.8. The summed E-state index contributed by atoms with van der Waals surface area (Å²) in [5, 5.41) is 6.55. The predicted octanol–water partition coefficient (Wildman–Crippen LogP) is 3.01. The van der Waals surface area contributed by atoms with Crippen LogP contribution in [-0.4, -0.2) is 40.1 Å². The van der Waals surface area contributed by atoms with Crippen molar-refractivity contribution in [3.8, 4) is 17.2 Å². The quantitative estimate of drug-likeness (QED) is 0.580. The van der Waals surface area contributed by atoms with E-state index >= 15 is 0 Å². The van der Waals surface area contributed by atoms with E-state index in [9.17, 15) is 4.79 Å². The number of carbonyl (C=O) groups is 1. The molecular formula is C19H22N2O5. The maximum absolute atomic E-state index is 12.0. The van der Waals surface area contributed by atoms with Crippen LogP contribution < -0.4 is 19.5 Å². The van der Waals surface area contributed by atoms with Gasteiger partial charge in [-0.05, 0) is 42.8 Å². The standard InChI is InChI=1S/C19H22N2O5/c1-13-5-7-18(25-4)16(9-13)21-19(22)12-26-20-11-14-10-15(23-2)6-8-17(14)24-3/h5-11H,12H2,1-4H3,(H,21,22)/b20-11-. The molecule has 0 fully saturated rings. The van der Waals surface area contributed by atoms with Gasteiger partial charge in [0.25, 0.3) is 5.91 Å². The van der Waals surface area contributed by atoms with E-state index in [2.05, 4.69) is 10.5 Å². The lowest BCUT2D eigenvalue weighted by atomic mass is 10.2. The molecule has 7 nitrogen and oxygen atoms in total. The molecule has 0 aliphatic heterocycles. The van der Waals surface area contributed by atoms with Crippen molar-refractivity contribution in [1.82, 2.24) is 0 Å². The Labute approximate surface area is 152 Å². The first kappa shape index (κ1) is 19.1. The van der Waals surface area contributed by atoms with E-state index in [-0.39, 0.29) is 12.5 Å². The van der Waals surface area contributed by atoms with Gasteiger partial charge in [-0.1, -0.05) is 11.2 Å². The predicted molar refractivity (Wildman–Crippen MR) is 99.5 cm³/mol. The third-order valence-electron chi connectivity index (χ3n) is 3.53. The van der Waals surface area contributed by atoms with Crippen molar-refractivity contribution in [3.63, 3.8) is 0 Å². The van der Waals surface area contributed by atoms with Gasteiger partial charge in [-0.3, -0.25) is 4.79 Å². The average Bonchev–Trinajstić information content (AvgIpc) is 2.65. The summed E-state index contributed by atoms with van der Waals surface area (Å²) in [6.07, 6.45) is 1.46. The highest BCUT2D eigenvalue weighted by atomic mass is 16.6. The van der Waals surface area contributed by atoms with E-state index < -0.39 is 0 Å². The number of anilines is 1. The maximum atomic E-state index is 12.0. The van der Waals surface area contributed by atoms with Crippen molar-refractivity contribution in [2.45, 2.75) is 6.92 Å². The van der Waals surface area contributed by atoms with Crippen LogP contribution in [0.5, 0.6) is 17.2 Å². The molecule has 0 atom stereocenters. The lowest BCUT2D eigenvalue weighted by Gasteiger charge is -2.10. The summed E-state index contributed by atoms with van der Waals surface area (Å²) in [7, 11) is 4.68. The van der Waals surface area contributed by atoms with Gasteiger partial charge < -0.3 is 24.4 Å². The van der Waals surface area contributed by atoms with Crippen LogP contribution in [0.15, 0.2) is 41.6 Å². The molecule has 0 saturated heterocycles. The average molecular weight is 358 g/mol. The molecule has 2 rings (SSSR count). The van der Waals surface area contributed by atoms with E-state index in [1.54, 1.807) is 45.6 Å². The second-order valence-corrected chi connectivity index (χ2v) is 5.37. The second-order valence-electron chi connectivity index (χ2n) is 5.37. The van der Waals surface area contributed by atoms with Crippen LogP contribution in [0, 0.1) is 6.92 Å². The molecule has 0 aliphatic carbocycles. The third-order valence-corrected chi connectivity index (χ3v) is 3.53. The number of ether oxygens (including phenoxy) is 3. The van der Waals surface area contributed by atoms with Gasteiger partial charge in [-0.25, -0.2) is 0 Å². The fourth-order valence-electron chi connectivity index (χ4n) is 2.24. The first-order chi connectivity index (χ1) is 12.6. The molecule has 1 amide bonds. The van der Waals surface area contributed by atoms with Gasteiger partial charge in [-0.15, -0.1) is 0 Å². The minimum atomic E-state index is -0.344. The molecule has 0 heterocycles. The lowest BCUT2D eigenvalue weighted by molar-refractivity contribution is -0.120. The molecule has 26 heavy (non-hydrogen) atoms. The maximum Gasteiger partial charge on any atom is 0.265 e. The number of hydrogen-bond donors (Lipinski definition) is 1. The van der Waals surface area contributed by atoms with Crippen LogP contribution in [0.3, 0.4) is 0 Å². The van der Waals surface area contributed by atoms with Crippen molar-refractivity contribution < 1.29 is 23.8 Å². The number of benzene rings is 2. The summed E-state index contributed by atoms with van der Waals surface area (Å²) in [5.74, 6) is 1.51. The van der Waals surface area contributed by atoms with E-state index in [0.29, 0.717) is 28.5 Å². The Morgan fingerprint density at radius 2 is 1.77 bits per heavy atom. The highest BCUT2D eigenvalue weighted by Gasteiger charge is 2.08. The highest BCUT2D eigenvalue weighted by Crippen LogP contribution is 2.25. The smallest absolute Gasteiger partial charge is 0.265 e. The van der Waals surface area contributed by atoms with Gasteiger partial charge in [0.2, 0.25) is 0 Å². The molecule has 0 bridgehead atoms. The Kier molecular flexibility index (Phi) is 6.84. The van der Waals surface area contributed by atoms with Crippen LogP contribution in [0.4, 0.5) is 5.69 Å². The zero-order valence-electron chi connectivity index (χ0n) is 15.2. The van der Waals surface area contributed by atoms with Crippen molar-refractivity contribution >= 4 is 17.8 Å². The molecule has 0 spiro atoms. The molecule has 138 valence electrons. The lowest BCUT2D eigenvalue weighted by Crippen LogP contribution is -2.17. The zero-order chi connectivity index (χ0) is 18.9. The number of oxime groups is 1. The van der Waals surface area contributed by atoms with Crippen molar-refractivity contribution in [2.24, 2.45) is 5.16 Å². The highest BCUT2D eigenvalue weighted by molar-refractivity contribution is 5.93. The fourth-order valence-corrected chi connectivity index (χ4v) is 2.24. The Morgan fingerprint density at radius 3 is 2.46 bits per heavy atom. The topological polar surface area (TPSA) is 78.4 Å².